The maximum absolute atomic E-state index is 4.39. The van der Waals surface area contributed by atoms with Crippen molar-refractivity contribution in [2.24, 2.45) is 0 Å². The topological polar surface area (TPSA) is 0 Å². The van der Waals surface area contributed by atoms with E-state index < -0.39 is 0 Å². The fourth-order valence-corrected chi connectivity index (χ4v) is 3.05. The van der Waals surface area contributed by atoms with Crippen molar-refractivity contribution in [1.82, 2.24) is 0 Å². The zero-order valence-corrected chi connectivity index (χ0v) is 13.3. The van der Waals surface area contributed by atoms with E-state index in [1.165, 1.54) is 46.3 Å². The van der Waals surface area contributed by atoms with Gasteiger partial charge in [0.15, 0.2) is 0 Å². The van der Waals surface area contributed by atoms with Crippen LogP contribution >= 0.6 is 0 Å². The molecule has 1 aromatic carbocycles. The van der Waals surface area contributed by atoms with E-state index in [1.807, 2.05) is 0 Å². The Morgan fingerprint density at radius 3 is 2.80 bits per heavy atom. The lowest BCUT2D eigenvalue weighted by molar-refractivity contribution is 0.613. The van der Waals surface area contributed by atoms with Crippen LogP contribution in [0.5, 0.6) is 0 Å². The zero-order valence-electron chi connectivity index (χ0n) is 13.3. The summed E-state index contributed by atoms with van der Waals surface area (Å²) in [6.45, 7) is 13.1. The lowest BCUT2D eigenvalue weighted by Gasteiger charge is -2.16. The Bertz CT molecular complexity index is 570. The van der Waals surface area contributed by atoms with E-state index in [2.05, 4.69) is 64.6 Å². The maximum atomic E-state index is 4.39. The van der Waals surface area contributed by atoms with E-state index in [1.54, 1.807) is 0 Å². The minimum absolute atomic E-state index is 0.665. The second-order valence-corrected chi connectivity index (χ2v) is 5.92. The summed E-state index contributed by atoms with van der Waals surface area (Å²) in [4.78, 5) is 0. The van der Waals surface area contributed by atoms with Crippen LogP contribution in [0.15, 0.2) is 48.1 Å². The third kappa shape index (κ3) is 2.95. The molecule has 0 fully saturated rings. The van der Waals surface area contributed by atoms with Crippen LogP contribution < -0.4 is 0 Å². The molecule has 0 aliphatic heterocycles. The summed E-state index contributed by atoms with van der Waals surface area (Å²) >= 11 is 0. The maximum Gasteiger partial charge on any atom is -0.0152 e. The summed E-state index contributed by atoms with van der Waals surface area (Å²) in [5, 5.41) is 0. The van der Waals surface area contributed by atoms with Crippen molar-refractivity contribution in [1.29, 1.82) is 0 Å². The van der Waals surface area contributed by atoms with Crippen molar-refractivity contribution in [2.45, 2.75) is 52.9 Å². The number of hydrogen-bond donors (Lipinski definition) is 0. The van der Waals surface area contributed by atoms with Crippen LogP contribution in [-0.2, 0) is 0 Å². The number of benzene rings is 1. The largest absolute Gasteiger partial charge is 0.0909 e. The van der Waals surface area contributed by atoms with Crippen LogP contribution in [0.1, 0.15) is 62.6 Å². The molecule has 0 aromatic heterocycles. The minimum atomic E-state index is 0.665. The predicted octanol–water partition coefficient (Wildman–Crippen LogP) is 6.19. The predicted molar refractivity (Wildman–Crippen MR) is 90.0 cm³/mol. The second-order valence-electron chi connectivity index (χ2n) is 5.92. The van der Waals surface area contributed by atoms with Crippen LogP contribution in [0.25, 0.3) is 5.57 Å². The number of hydrogen-bond acceptors (Lipinski definition) is 0. The molecule has 0 amide bonds. The first-order chi connectivity index (χ1) is 9.56. The second kappa shape index (κ2) is 6.26. The fourth-order valence-electron chi connectivity index (χ4n) is 3.05. The van der Waals surface area contributed by atoms with Gasteiger partial charge in [-0.15, -0.1) is 0 Å². The molecule has 1 aliphatic carbocycles. The van der Waals surface area contributed by atoms with Gasteiger partial charge >= 0.3 is 0 Å². The molecule has 2 rings (SSSR count). The first-order valence-electron chi connectivity index (χ1n) is 7.70. The van der Waals surface area contributed by atoms with Gasteiger partial charge < -0.3 is 0 Å². The van der Waals surface area contributed by atoms with Gasteiger partial charge in [-0.2, -0.15) is 0 Å². The van der Waals surface area contributed by atoms with Gasteiger partial charge in [-0.05, 0) is 68.2 Å². The van der Waals surface area contributed by atoms with Crippen LogP contribution in [0.3, 0.4) is 0 Å². The van der Waals surface area contributed by atoms with Gasteiger partial charge in [-0.3, -0.25) is 0 Å². The molecule has 0 nitrogen and oxygen atoms in total. The van der Waals surface area contributed by atoms with Crippen molar-refractivity contribution >= 4 is 5.57 Å². The molecule has 0 spiro atoms. The molecule has 0 saturated heterocycles. The first-order valence-corrected chi connectivity index (χ1v) is 7.70. The van der Waals surface area contributed by atoms with Crippen LogP contribution in [0.2, 0.25) is 0 Å². The average molecular weight is 266 g/mol. The molecule has 0 saturated carbocycles. The van der Waals surface area contributed by atoms with Crippen LogP contribution in [-0.4, -0.2) is 0 Å². The standard InChI is InChI=1S/C20H26/c1-6-14(3)12-18-10-9-17(7-2)20-13-15(4)8-11-19(20)16(18)5/h6,8,11-13,17H,5,7,9-10H2,1-4H3/b14-6-,18-12-. The molecule has 0 radical (unpaired) electrons. The molecule has 1 atom stereocenters. The van der Waals surface area contributed by atoms with Crippen LogP contribution in [0.4, 0.5) is 0 Å². The Kier molecular flexibility index (Phi) is 4.65. The third-order valence-electron chi connectivity index (χ3n) is 4.47. The average Bonchev–Trinajstić information content (AvgIpc) is 2.57. The zero-order chi connectivity index (χ0) is 14.7. The summed E-state index contributed by atoms with van der Waals surface area (Å²) in [5.74, 6) is 0.665. The van der Waals surface area contributed by atoms with Gasteiger partial charge in [0.05, 0.1) is 0 Å². The monoisotopic (exact) mass is 266 g/mol. The van der Waals surface area contributed by atoms with E-state index >= 15 is 0 Å². The molecule has 20 heavy (non-hydrogen) atoms. The lowest BCUT2D eigenvalue weighted by atomic mass is 9.88. The van der Waals surface area contributed by atoms with E-state index in [0.717, 1.165) is 6.42 Å². The lowest BCUT2D eigenvalue weighted by Crippen LogP contribution is -1.98. The van der Waals surface area contributed by atoms with E-state index in [-0.39, 0.29) is 0 Å². The smallest absolute Gasteiger partial charge is 0.0152 e. The molecule has 0 N–H and O–H groups in total. The SMILES string of the molecule is C=C1/C(=C\C(C)=C/C)CCC(CC)c2cc(C)ccc21. The number of rotatable bonds is 2. The van der Waals surface area contributed by atoms with Gasteiger partial charge in [0.1, 0.15) is 0 Å². The molecule has 0 heterocycles. The molecular weight excluding hydrogens is 240 g/mol. The highest BCUT2D eigenvalue weighted by Crippen LogP contribution is 2.40. The quantitative estimate of drug-likeness (QED) is 0.560. The fraction of sp³-hybridized carbons (Fsp3) is 0.400. The summed E-state index contributed by atoms with van der Waals surface area (Å²) in [6, 6.07) is 6.84. The summed E-state index contributed by atoms with van der Waals surface area (Å²) in [6.07, 6.45) is 8.05. The van der Waals surface area contributed by atoms with Gasteiger partial charge in [-0.1, -0.05) is 55.0 Å². The Hall–Kier alpha value is -1.56. The van der Waals surface area contributed by atoms with Gasteiger partial charge in [0, 0.05) is 0 Å². The van der Waals surface area contributed by atoms with Crippen molar-refractivity contribution in [3.63, 3.8) is 0 Å². The molecule has 1 aromatic rings. The minimum Gasteiger partial charge on any atom is -0.0909 e. The highest BCUT2D eigenvalue weighted by Gasteiger charge is 2.21. The van der Waals surface area contributed by atoms with Gasteiger partial charge in [0.25, 0.3) is 0 Å². The number of fused-ring (bicyclic) bond motifs is 1. The molecule has 106 valence electrons. The van der Waals surface area contributed by atoms with Crippen molar-refractivity contribution in [3.8, 4) is 0 Å². The van der Waals surface area contributed by atoms with Crippen molar-refractivity contribution in [3.05, 3.63) is 64.8 Å². The normalized spacial score (nSPS) is 21.8. The molecule has 0 heteroatoms. The van der Waals surface area contributed by atoms with Gasteiger partial charge in [-0.25, -0.2) is 0 Å². The van der Waals surface area contributed by atoms with Gasteiger partial charge in [0.2, 0.25) is 0 Å². The number of aryl methyl sites for hydroxylation is 1. The first kappa shape index (κ1) is 14.8. The Morgan fingerprint density at radius 1 is 1.40 bits per heavy atom. The Morgan fingerprint density at radius 2 is 2.15 bits per heavy atom. The summed E-state index contributed by atoms with van der Waals surface area (Å²) in [5.41, 5.74) is 8.16. The molecule has 1 aliphatic rings. The summed E-state index contributed by atoms with van der Waals surface area (Å²) < 4.78 is 0. The molecule has 1 unspecified atom stereocenters. The Balaban J connectivity index is 2.52. The highest BCUT2D eigenvalue weighted by atomic mass is 14.3. The van der Waals surface area contributed by atoms with E-state index in [9.17, 15) is 0 Å². The molecular formula is C20H26. The molecule has 0 bridgehead atoms. The van der Waals surface area contributed by atoms with Crippen molar-refractivity contribution in [2.75, 3.05) is 0 Å². The van der Waals surface area contributed by atoms with E-state index in [4.69, 9.17) is 0 Å². The Labute approximate surface area is 123 Å². The van der Waals surface area contributed by atoms with Crippen LogP contribution in [0, 0.1) is 6.92 Å². The highest BCUT2D eigenvalue weighted by molar-refractivity contribution is 5.81. The van der Waals surface area contributed by atoms with E-state index in [0.29, 0.717) is 5.92 Å². The van der Waals surface area contributed by atoms with Crippen molar-refractivity contribution < 1.29 is 0 Å². The number of allylic oxidation sites excluding steroid dienone is 5. The third-order valence-corrected chi connectivity index (χ3v) is 4.47. The summed E-state index contributed by atoms with van der Waals surface area (Å²) in [7, 11) is 0.